The lowest BCUT2D eigenvalue weighted by Gasteiger charge is -2.16. The minimum absolute atomic E-state index is 0.254. The third-order valence-electron chi connectivity index (χ3n) is 4.97. The Labute approximate surface area is 161 Å². The second-order valence-electron chi connectivity index (χ2n) is 6.77. The molecule has 148 valence electrons. The highest BCUT2D eigenvalue weighted by molar-refractivity contribution is 7.17. The Bertz CT molecular complexity index is 975. The summed E-state index contributed by atoms with van der Waals surface area (Å²) < 4.78 is 43.5. The molecule has 0 aliphatic heterocycles. The molecule has 28 heavy (non-hydrogen) atoms. The molecule has 0 unspecified atom stereocenters. The van der Waals surface area contributed by atoms with Crippen molar-refractivity contribution < 1.29 is 27.3 Å². The summed E-state index contributed by atoms with van der Waals surface area (Å²) >= 11 is 1.31. The van der Waals surface area contributed by atoms with Gasteiger partial charge in [0.25, 0.3) is 17.6 Å². The molecular weight excluding hydrogens is 395 g/mol. The Morgan fingerprint density at radius 1 is 1.14 bits per heavy atom. The molecule has 2 aliphatic carbocycles. The second kappa shape index (κ2) is 7.16. The van der Waals surface area contributed by atoms with Crippen LogP contribution in [-0.4, -0.2) is 22.3 Å². The van der Waals surface area contributed by atoms with E-state index < -0.39 is 17.9 Å². The Morgan fingerprint density at radius 3 is 2.64 bits per heavy atom. The number of nitrogens with zero attached hydrogens (tertiary/aromatic N) is 2. The monoisotopic (exact) mass is 411 g/mol. The third kappa shape index (κ3) is 3.36. The van der Waals surface area contributed by atoms with Crippen LogP contribution in [0.15, 0.2) is 15.7 Å². The van der Waals surface area contributed by atoms with Crippen molar-refractivity contribution in [3.63, 3.8) is 0 Å². The minimum Gasteiger partial charge on any atom is -0.334 e. The number of aldehydes is 1. The van der Waals surface area contributed by atoms with Gasteiger partial charge in [-0.1, -0.05) is 5.16 Å². The molecule has 4 rings (SSSR count). The van der Waals surface area contributed by atoms with Crippen molar-refractivity contribution in [2.45, 2.75) is 51.1 Å². The first-order valence-corrected chi connectivity index (χ1v) is 9.74. The summed E-state index contributed by atoms with van der Waals surface area (Å²) in [5.41, 5.74) is 2.11. The van der Waals surface area contributed by atoms with Crippen molar-refractivity contribution in [3.05, 3.63) is 27.4 Å². The number of amides is 1. The summed E-state index contributed by atoms with van der Waals surface area (Å²) in [7, 11) is 0. The van der Waals surface area contributed by atoms with Gasteiger partial charge in [-0.15, -0.1) is 11.3 Å². The quantitative estimate of drug-likeness (QED) is 0.758. The molecule has 2 aliphatic rings. The zero-order valence-corrected chi connectivity index (χ0v) is 15.5. The fraction of sp³-hybridized carbons (Fsp3) is 0.444. The van der Waals surface area contributed by atoms with Gasteiger partial charge in [-0.05, 0) is 50.5 Å². The Morgan fingerprint density at radius 2 is 1.93 bits per heavy atom. The Hall–Kier alpha value is -2.49. The summed E-state index contributed by atoms with van der Waals surface area (Å²) in [6, 6.07) is 0. The van der Waals surface area contributed by atoms with Gasteiger partial charge in [0.2, 0.25) is 0 Å². The molecule has 6 nitrogen and oxygen atoms in total. The van der Waals surface area contributed by atoms with Crippen LogP contribution < -0.4 is 5.32 Å². The van der Waals surface area contributed by atoms with Gasteiger partial charge >= 0.3 is 6.18 Å². The lowest BCUT2D eigenvalue weighted by atomic mass is 9.92. The lowest BCUT2D eigenvalue weighted by molar-refractivity contribution is -0.146. The molecular formula is C18H16F3N3O3S. The highest BCUT2D eigenvalue weighted by Gasteiger charge is 2.38. The van der Waals surface area contributed by atoms with Gasteiger partial charge in [0, 0.05) is 16.0 Å². The SMILES string of the molecule is O=CC1=C(C(=O)Nc2sc3c(c2-c2nc(C(F)(F)F)no2)CCC3)CCCC1. The second-order valence-corrected chi connectivity index (χ2v) is 7.87. The molecule has 0 fully saturated rings. The average molecular weight is 411 g/mol. The molecule has 0 radical (unpaired) electrons. The van der Waals surface area contributed by atoms with Crippen LogP contribution in [0.2, 0.25) is 0 Å². The summed E-state index contributed by atoms with van der Waals surface area (Å²) in [5, 5.41) is 6.19. The summed E-state index contributed by atoms with van der Waals surface area (Å²) in [5.74, 6) is -2.01. The highest BCUT2D eigenvalue weighted by Crippen LogP contribution is 2.45. The molecule has 1 amide bonds. The summed E-state index contributed by atoms with van der Waals surface area (Å²) in [6.07, 6.45) is 1.04. The largest absolute Gasteiger partial charge is 0.455 e. The first-order chi connectivity index (χ1) is 13.4. The average Bonchev–Trinajstić information content (AvgIpc) is 3.36. The molecule has 1 N–H and O–H groups in total. The normalized spacial score (nSPS) is 17.0. The number of nitrogens with one attached hydrogen (secondary N) is 1. The number of fused-ring (bicyclic) bond motifs is 1. The van der Waals surface area contributed by atoms with Crippen molar-refractivity contribution in [1.82, 2.24) is 10.1 Å². The van der Waals surface area contributed by atoms with Crippen molar-refractivity contribution in [2.24, 2.45) is 0 Å². The number of allylic oxidation sites excluding steroid dienone is 1. The van der Waals surface area contributed by atoms with Crippen LogP contribution in [0, 0.1) is 0 Å². The molecule has 0 saturated heterocycles. The third-order valence-corrected chi connectivity index (χ3v) is 6.18. The van der Waals surface area contributed by atoms with Gasteiger partial charge in [0.05, 0.1) is 5.56 Å². The maximum absolute atomic E-state index is 12.9. The van der Waals surface area contributed by atoms with E-state index in [9.17, 15) is 22.8 Å². The predicted molar refractivity (Wildman–Crippen MR) is 94.8 cm³/mol. The maximum atomic E-state index is 12.9. The van der Waals surface area contributed by atoms with Crippen LogP contribution in [0.25, 0.3) is 11.5 Å². The van der Waals surface area contributed by atoms with Gasteiger partial charge in [-0.3, -0.25) is 9.59 Å². The topological polar surface area (TPSA) is 85.1 Å². The van der Waals surface area contributed by atoms with E-state index in [1.165, 1.54) is 11.3 Å². The van der Waals surface area contributed by atoms with Crippen LogP contribution in [0.4, 0.5) is 18.2 Å². The van der Waals surface area contributed by atoms with Gasteiger partial charge < -0.3 is 9.84 Å². The summed E-state index contributed by atoms with van der Waals surface area (Å²) in [4.78, 5) is 28.5. The van der Waals surface area contributed by atoms with Gasteiger partial charge in [-0.25, -0.2) is 0 Å². The number of thiophene rings is 1. The first-order valence-electron chi connectivity index (χ1n) is 8.93. The molecule has 0 saturated carbocycles. The van der Waals surface area contributed by atoms with E-state index in [2.05, 4.69) is 15.5 Å². The van der Waals surface area contributed by atoms with Crippen LogP contribution in [0.3, 0.4) is 0 Å². The number of aryl methyl sites for hydroxylation is 1. The molecule has 0 spiro atoms. The van der Waals surface area contributed by atoms with Gasteiger partial charge in [0.1, 0.15) is 11.3 Å². The molecule has 0 aromatic carbocycles. The van der Waals surface area contributed by atoms with Crippen LogP contribution in [0.5, 0.6) is 0 Å². The smallest absolute Gasteiger partial charge is 0.334 e. The number of halogens is 3. The number of carbonyl (C=O) groups is 2. The number of rotatable bonds is 4. The number of carbonyl (C=O) groups excluding carboxylic acids is 2. The molecule has 2 aromatic heterocycles. The Kier molecular flexibility index (Phi) is 4.82. The zero-order valence-electron chi connectivity index (χ0n) is 14.7. The zero-order chi connectivity index (χ0) is 19.9. The maximum Gasteiger partial charge on any atom is 0.455 e. The molecule has 0 atom stereocenters. The van der Waals surface area contributed by atoms with Gasteiger partial charge in [-0.2, -0.15) is 18.2 Å². The van der Waals surface area contributed by atoms with Crippen molar-refractivity contribution in [2.75, 3.05) is 5.32 Å². The standard InChI is InChI=1S/C18H16F3N3O3S/c19-18(20,21)17-23-15(27-24-17)13-11-6-3-7-12(11)28-16(13)22-14(26)10-5-2-1-4-9(10)8-25/h8H,1-7H2,(H,22,26). The predicted octanol–water partition coefficient (Wildman–Crippen LogP) is 4.31. The van der Waals surface area contributed by atoms with E-state index in [4.69, 9.17) is 4.52 Å². The Balaban J connectivity index is 1.71. The van der Waals surface area contributed by atoms with Gasteiger partial charge in [0.15, 0.2) is 0 Å². The minimum atomic E-state index is -4.71. The highest BCUT2D eigenvalue weighted by atomic mass is 32.1. The fourth-order valence-electron chi connectivity index (χ4n) is 3.66. The van der Waals surface area contributed by atoms with E-state index in [0.29, 0.717) is 47.3 Å². The van der Waals surface area contributed by atoms with Crippen LogP contribution in [0.1, 0.15) is 48.4 Å². The first kappa shape index (κ1) is 18.9. The van der Waals surface area contributed by atoms with Crippen molar-refractivity contribution in [3.8, 4) is 11.5 Å². The van der Waals surface area contributed by atoms with Crippen LogP contribution in [-0.2, 0) is 28.6 Å². The van der Waals surface area contributed by atoms with E-state index in [1.807, 2.05) is 0 Å². The number of alkyl halides is 3. The number of aromatic nitrogens is 2. The van der Waals surface area contributed by atoms with Crippen LogP contribution >= 0.6 is 11.3 Å². The number of anilines is 1. The van der Waals surface area contributed by atoms with Crippen molar-refractivity contribution >= 4 is 28.5 Å². The lowest BCUT2D eigenvalue weighted by Crippen LogP contribution is -2.18. The number of hydrogen-bond acceptors (Lipinski definition) is 6. The molecule has 2 heterocycles. The van der Waals surface area contributed by atoms with E-state index in [1.54, 1.807) is 0 Å². The fourth-order valence-corrected chi connectivity index (χ4v) is 4.93. The molecule has 10 heteroatoms. The van der Waals surface area contributed by atoms with E-state index >= 15 is 0 Å². The van der Waals surface area contributed by atoms with E-state index in [-0.39, 0.29) is 5.89 Å². The van der Waals surface area contributed by atoms with E-state index in [0.717, 1.165) is 36.1 Å². The molecule has 2 aromatic rings. The number of hydrogen-bond donors (Lipinski definition) is 1. The molecule has 0 bridgehead atoms. The van der Waals surface area contributed by atoms with Crippen molar-refractivity contribution in [1.29, 1.82) is 0 Å². The summed E-state index contributed by atoms with van der Waals surface area (Å²) in [6.45, 7) is 0.